The highest BCUT2D eigenvalue weighted by Crippen LogP contribution is 2.23. The second-order valence-corrected chi connectivity index (χ2v) is 7.48. The molecule has 2 N–H and O–H groups in total. The zero-order chi connectivity index (χ0) is 17.6. The zero-order valence-electron chi connectivity index (χ0n) is 15.5. The van der Waals surface area contributed by atoms with E-state index in [0.717, 1.165) is 77.3 Å². The second kappa shape index (κ2) is 8.68. The molecule has 1 amide bonds. The van der Waals surface area contributed by atoms with Crippen LogP contribution in [0.25, 0.3) is 0 Å². The van der Waals surface area contributed by atoms with Crippen molar-refractivity contribution in [3.05, 3.63) is 29.8 Å². The van der Waals surface area contributed by atoms with Crippen LogP contribution < -0.4 is 5.73 Å². The van der Waals surface area contributed by atoms with Gasteiger partial charge in [-0.25, -0.2) is 0 Å². The number of piperidine rings is 1. The Morgan fingerprint density at radius 1 is 1.08 bits per heavy atom. The van der Waals surface area contributed by atoms with Crippen molar-refractivity contribution in [2.75, 3.05) is 51.5 Å². The molecule has 25 heavy (non-hydrogen) atoms. The first kappa shape index (κ1) is 18.2. The Labute approximate surface area is 151 Å². The Kier molecular flexibility index (Phi) is 6.32. The van der Waals surface area contributed by atoms with Crippen LogP contribution in [-0.4, -0.2) is 66.4 Å². The summed E-state index contributed by atoms with van der Waals surface area (Å²) in [5.74, 6) is 0.916. The van der Waals surface area contributed by atoms with E-state index in [2.05, 4.69) is 33.8 Å². The van der Waals surface area contributed by atoms with Crippen molar-refractivity contribution >= 4 is 11.6 Å². The van der Waals surface area contributed by atoms with Crippen LogP contribution in [0, 0.1) is 5.92 Å². The van der Waals surface area contributed by atoms with Crippen molar-refractivity contribution in [2.24, 2.45) is 5.92 Å². The van der Waals surface area contributed by atoms with Crippen molar-refractivity contribution in [1.82, 2.24) is 14.7 Å². The minimum Gasteiger partial charge on any atom is -0.399 e. The standard InChI is InChI=1S/C20H32N4O/c1-2-22-10-12-24(13-11-22)20(25)15-17-6-8-23(9-7-17)16-18-4-3-5-19(21)14-18/h3-5,14,17H,2,6-13,15-16,21H2,1H3. The molecule has 1 aromatic rings. The lowest BCUT2D eigenvalue weighted by molar-refractivity contribution is -0.134. The van der Waals surface area contributed by atoms with Crippen molar-refractivity contribution < 1.29 is 4.79 Å². The molecule has 138 valence electrons. The number of amides is 1. The van der Waals surface area contributed by atoms with E-state index in [1.807, 2.05) is 12.1 Å². The summed E-state index contributed by atoms with van der Waals surface area (Å²) in [5.41, 5.74) is 7.98. The Hall–Kier alpha value is -1.59. The van der Waals surface area contributed by atoms with Crippen LogP contribution in [-0.2, 0) is 11.3 Å². The summed E-state index contributed by atoms with van der Waals surface area (Å²) in [6.07, 6.45) is 2.99. The topological polar surface area (TPSA) is 52.8 Å². The average molecular weight is 345 g/mol. The summed E-state index contributed by atoms with van der Waals surface area (Å²) in [6, 6.07) is 8.16. The normalized spacial score (nSPS) is 20.8. The van der Waals surface area contributed by atoms with Gasteiger partial charge in [-0.15, -0.1) is 0 Å². The molecule has 0 radical (unpaired) electrons. The number of nitrogen functional groups attached to an aromatic ring is 1. The molecule has 5 nitrogen and oxygen atoms in total. The lowest BCUT2D eigenvalue weighted by Gasteiger charge is -2.36. The number of hydrogen-bond acceptors (Lipinski definition) is 4. The van der Waals surface area contributed by atoms with E-state index in [-0.39, 0.29) is 0 Å². The van der Waals surface area contributed by atoms with Gasteiger partial charge >= 0.3 is 0 Å². The van der Waals surface area contributed by atoms with E-state index in [9.17, 15) is 4.79 Å². The predicted molar refractivity (Wildman–Crippen MR) is 102 cm³/mol. The summed E-state index contributed by atoms with van der Waals surface area (Å²) in [5, 5.41) is 0. The molecular formula is C20H32N4O. The van der Waals surface area contributed by atoms with Gasteiger partial charge in [-0.3, -0.25) is 9.69 Å². The Morgan fingerprint density at radius 2 is 1.80 bits per heavy atom. The monoisotopic (exact) mass is 344 g/mol. The van der Waals surface area contributed by atoms with Gasteiger partial charge in [-0.2, -0.15) is 0 Å². The Balaban J connectivity index is 1.39. The SMILES string of the molecule is CCN1CCN(C(=O)CC2CCN(Cc3cccc(N)c3)CC2)CC1. The predicted octanol–water partition coefficient (Wildman–Crippen LogP) is 2.03. The van der Waals surface area contributed by atoms with Crippen molar-refractivity contribution in [2.45, 2.75) is 32.7 Å². The van der Waals surface area contributed by atoms with Gasteiger partial charge in [0.15, 0.2) is 0 Å². The van der Waals surface area contributed by atoms with Crippen LogP contribution >= 0.6 is 0 Å². The van der Waals surface area contributed by atoms with Gasteiger partial charge in [0.05, 0.1) is 0 Å². The number of nitrogens with two attached hydrogens (primary N) is 1. The second-order valence-electron chi connectivity index (χ2n) is 7.48. The fourth-order valence-electron chi connectivity index (χ4n) is 3.99. The molecule has 2 aliphatic heterocycles. The molecule has 5 heteroatoms. The average Bonchev–Trinajstić information content (AvgIpc) is 2.63. The first-order valence-electron chi connectivity index (χ1n) is 9.71. The third kappa shape index (κ3) is 5.19. The molecule has 1 aromatic carbocycles. The first-order valence-corrected chi connectivity index (χ1v) is 9.71. The molecule has 2 saturated heterocycles. The molecule has 0 saturated carbocycles. The van der Waals surface area contributed by atoms with E-state index in [1.54, 1.807) is 0 Å². The lowest BCUT2D eigenvalue weighted by atomic mass is 9.92. The van der Waals surface area contributed by atoms with Crippen LogP contribution in [0.5, 0.6) is 0 Å². The summed E-state index contributed by atoms with van der Waals surface area (Å²) in [4.78, 5) is 19.5. The Morgan fingerprint density at radius 3 is 2.44 bits per heavy atom. The highest BCUT2D eigenvalue weighted by Gasteiger charge is 2.25. The molecular weight excluding hydrogens is 312 g/mol. The number of nitrogens with zero attached hydrogens (tertiary/aromatic N) is 3. The minimum atomic E-state index is 0.366. The number of anilines is 1. The summed E-state index contributed by atoms with van der Waals surface area (Å²) < 4.78 is 0. The number of likely N-dealkylation sites (N-methyl/N-ethyl adjacent to an activating group) is 1. The van der Waals surface area contributed by atoms with Gasteiger partial charge in [0, 0.05) is 44.8 Å². The largest absolute Gasteiger partial charge is 0.399 e. The van der Waals surface area contributed by atoms with Crippen LogP contribution in [0.1, 0.15) is 31.7 Å². The Bertz CT molecular complexity index is 561. The van der Waals surface area contributed by atoms with E-state index in [1.165, 1.54) is 5.56 Å². The van der Waals surface area contributed by atoms with Crippen LogP contribution in [0.15, 0.2) is 24.3 Å². The van der Waals surface area contributed by atoms with Gasteiger partial charge in [-0.1, -0.05) is 19.1 Å². The minimum absolute atomic E-state index is 0.366. The number of piperazine rings is 1. The van der Waals surface area contributed by atoms with Crippen molar-refractivity contribution in [3.63, 3.8) is 0 Å². The van der Waals surface area contributed by atoms with Gasteiger partial charge in [-0.05, 0) is 56.1 Å². The van der Waals surface area contributed by atoms with Crippen molar-refractivity contribution in [3.8, 4) is 0 Å². The van der Waals surface area contributed by atoms with E-state index >= 15 is 0 Å². The molecule has 0 bridgehead atoms. The van der Waals surface area contributed by atoms with Crippen LogP contribution in [0.3, 0.4) is 0 Å². The maximum absolute atomic E-state index is 12.6. The number of carbonyl (C=O) groups is 1. The van der Waals surface area contributed by atoms with E-state index in [4.69, 9.17) is 5.73 Å². The molecule has 0 atom stereocenters. The summed E-state index contributed by atoms with van der Waals surface area (Å²) in [6.45, 7) is 10.3. The zero-order valence-corrected chi connectivity index (χ0v) is 15.5. The number of hydrogen-bond donors (Lipinski definition) is 1. The van der Waals surface area contributed by atoms with Crippen molar-refractivity contribution in [1.29, 1.82) is 0 Å². The number of likely N-dealkylation sites (tertiary alicyclic amines) is 1. The highest BCUT2D eigenvalue weighted by molar-refractivity contribution is 5.76. The van der Waals surface area contributed by atoms with Gasteiger partial charge in [0.25, 0.3) is 0 Å². The maximum atomic E-state index is 12.6. The molecule has 3 rings (SSSR count). The molecule has 0 aliphatic carbocycles. The summed E-state index contributed by atoms with van der Waals surface area (Å²) >= 11 is 0. The molecule has 2 heterocycles. The van der Waals surface area contributed by atoms with Crippen LogP contribution in [0.2, 0.25) is 0 Å². The summed E-state index contributed by atoms with van der Waals surface area (Å²) in [7, 11) is 0. The number of benzene rings is 1. The molecule has 2 fully saturated rings. The van der Waals surface area contributed by atoms with Gasteiger partial charge in [0.1, 0.15) is 0 Å². The van der Waals surface area contributed by atoms with Crippen LogP contribution in [0.4, 0.5) is 5.69 Å². The number of rotatable bonds is 5. The smallest absolute Gasteiger partial charge is 0.222 e. The molecule has 0 unspecified atom stereocenters. The van der Waals surface area contributed by atoms with E-state index < -0.39 is 0 Å². The number of carbonyl (C=O) groups excluding carboxylic acids is 1. The quantitative estimate of drug-likeness (QED) is 0.831. The van der Waals surface area contributed by atoms with Gasteiger partial charge < -0.3 is 15.5 Å². The fraction of sp³-hybridized carbons (Fsp3) is 0.650. The van der Waals surface area contributed by atoms with E-state index in [0.29, 0.717) is 11.8 Å². The first-order chi connectivity index (χ1) is 12.1. The lowest BCUT2D eigenvalue weighted by Crippen LogP contribution is -2.49. The maximum Gasteiger partial charge on any atom is 0.222 e. The third-order valence-corrected chi connectivity index (χ3v) is 5.70. The molecule has 2 aliphatic rings. The fourth-order valence-corrected chi connectivity index (χ4v) is 3.99. The highest BCUT2D eigenvalue weighted by atomic mass is 16.2. The van der Waals surface area contributed by atoms with Gasteiger partial charge in [0.2, 0.25) is 5.91 Å². The third-order valence-electron chi connectivity index (χ3n) is 5.70. The molecule has 0 aromatic heterocycles. The molecule has 0 spiro atoms.